The molecule has 150 valence electrons. The van der Waals surface area contributed by atoms with Gasteiger partial charge in [-0.25, -0.2) is 4.79 Å². The number of pyridine rings is 1. The smallest absolute Gasteiger partial charge is 0.407 e. The maximum Gasteiger partial charge on any atom is 0.407 e. The van der Waals surface area contributed by atoms with E-state index in [-0.39, 0.29) is 20.1 Å². The number of nitrogens with one attached hydrogen (secondary N) is 2. The van der Waals surface area contributed by atoms with Crippen molar-refractivity contribution in [1.82, 2.24) is 10.3 Å². The maximum absolute atomic E-state index is 11.3. The molecule has 1 heterocycles. The summed E-state index contributed by atoms with van der Waals surface area (Å²) < 4.78 is 4.84. The van der Waals surface area contributed by atoms with Crippen molar-refractivity contribution in [3.05, 3.63) is 48.6 Å². The molecule has 2 rings (SSSR count). The monoisotopic (exact) mass is 394 g/mol. The topological polar surface area (TPSA) is 89.3 Å². The Hall–Kier alpha value is -2.31. The fourth-order valence-corrected chi connectivity index (χ4v) is 2.55. The highest BCUT2D eigenvalue weighted by atomic mass is 35.5. The normalized spacial score (nSPS) is 10.8. The number of carbonyl (C=O) groups excluding carboxylic acids is 1. The van der Waals surface area contributed by atoms with Crippen molar-refractivity contribution < 1.29 is 9.53 Å². The minimum Gasteiger partial charge on any atom is -0.448 e. The molecule has 6 nitrogen and oxygen atoms in total. The highest BCUT2D eigenvalue weighted by Crippen LogP contribution is 2.25. The Bertz CT molecular complexity index is 697. The second-order valence-corrected chi connectivity index (χ2v) is 6.00. The van der Waals surface area contributed by atoms with Gasteiger partial charge in [0.2, 0.25) is 0 Å². The molecule has 0 bridgehead atoms. The Labute approximate surface area is 167 Å². The first kappa shape index (κ1) is 24.7. The zero-order chi connectivity index (χ0) is 19.4. The first-order chi connectivity index (χ1) is 12.6. The highest BCUT2D eigenvalue weighted by Gasteiger charge is 2.07. The summed E-state index contributed by atoms with van der Waals surface area (Å²) in [5.41, 5.74) is 7.16. The largest absolute Gasteiger partial charge is 0.448 e. The number of rotatable bonds is 8. The van der Waals surface area contributed by atoms with E-state index in [1.807, 2.05) is 24.3 Å². The number of amides is 1. The molecule has 1 aromatic carbocycles. The van der Waals surface area contributed by atoms with Crippen LogP contribution < -0.4 is 16.4 Å². The van der Waals surface area contributed by atoms with Crippen LogP contribution in [0.3, 0.4) is 0 Å². The number of benzene rings is 1. The van der Waals surface area contributed by atoms with E-state index in [2.05, 4.69) is 35.7 Å². The van der Waals surface area contributed by atoms with E-state index in [1.165, 1.54) is 0 Å². The predicted octanol–water partition coefficient (Wildman–Crippen LogP) is 4.59. The lowest BCUT2D eigenvalue weighted by atomic mass is 10.1. The number of nitrogens with two attached hydrogens (primary N) is 1. The molecule has 0 saturated carbocycles. The third-order valence-electron chi connectivity index (χ3n) is 3.54. The number of carbonyl (C=O) groups is 1. The zero-order valence-corrected chi connectivity index (χ0v) is 15.9. The summed E-state index contributed by atoms with van der Waals surface area (Å²) in [6.07, 6.45) is 3.11. The van der Waals surface area contributed by atoms with Crippen molar-refractivity contribution >= 4 is 34.3 Å². The van der Waals surface area contributed by atoms with E-state index in [0.29, 0.717) is 18.1 Å². The van der Waals surface area contributed by atoms with Gasteiger partial charge in [0, 0.05) is 41.4 Å². The van der Waals surface area contributed by atoms with Gasteiger partial charge in [-0.05, 0) is 44.0 Å². The molecule has 0 fully saturated rings. The lowest BCUT2D eigenvalue weighted by Gasteiger charge is -2.17. The van der Waals surface area contributed by atoms with Crippen LogP contribution in [-0.4, -0.2) is 36.8 Å². The van der Waals surface area contributed by atoms with Crippen molar-refractivity contribution in [3.63, 3.8) is 0 Å². The predicted molar refractivity (Wildman–Crippen MR) is 115 cm³/mol. The SMILES string of the molecule is C.C=C.CC(CCCNC(=O)OCCN)Nc1ccnc2cc(Cl)ccc12. The van der Waals surface area contributed by atoms with Crippen molar-refractivity contribution in [2.24, 2.45) is 5.73 Å². The van der Waals surface area contributed by atoms with Crippen LogP contribution in [-0.2, 0) is 4.74 Å². The van der Waals surface area contributed by atoms with E-state index >= 15 is 0 Å². The third-order valence-corrected chi connectivity index (χ3v) is 3.78. The van der Waals surface area contributed by atoms with Gasteiger partial charge < -0.3 is 21.1 Å². The average Bonchev–Trinajstić information content (AvgIpc) is 2.65. The Morgan fingerprint density at radius 2 is 2.11 bits per heavy atom. The number of hydrogen-bond donors (Lipinski definition) is 3. The van der Waals surface area contributed by atoms with Crippen LogP contribution in [0.4, 0.5) is 10.5 Å². The first-order valence-electron chi connectivity index (χ1n) is 8.51. The van der Waals surface area contributed by atoms with Crippen molar-refractivity contribution in [1.29, 1.82) is 0 Å². The molecule has 0 saturated heterocycles. The van der Waals surface area contributed by atoms with E-state index < -0.39 is 6.09 Å². The summed E-state index contributed by atoms with van der Waals surface area (Å²) in [4.78, 5) is 15.6. The molecule has 0 aliphatic heterocycles. The minimum absolute atomic E-state index is 0. The summed E-state index contributed by atoms with van der Waals surface area (Å²) in [5.74, 6) is 0. The Balaban J connectivity index is 0.00000218. The van der Waals surface area contributed by atoms with Gasteiger partial charge >= 0.3 is 6.09 Å². The standard InChI is InChI=1S/C17H23ClN4O2.C2H4.CH4/c1-12(3-2-8-21-17(23)24-10-7-19)22-15-6-9-20-16-11-13(18)4-5-14(15)16;1-2;/h4-6,9,11-12H,2-3,7-8,10,19H2,1H3,(H,20,22)(H,21,23);1-2H2;1H4. The lowest BCUT2D eigenvalue weighted by Crippen LogP contribution is -2.28. The van der Waals surface area contributed by atoms with Gasteiger partial charge in [-0.15, -0.1) is 13.2 Å². The number of ether oxygens (including phenoxy) is 1. The number of aromatic nitrogens is 1. The molecular weight excluding hydrogens is 364 g/mol. The summed E-state index contributed by atoms with van der Waals surface area (Å²) in [5, 5.41) is 7.90. The quantitative estimate of drug-likeness (QED) is 0.450. The molecule has 0 aliphatic rings. The van der Waals surface area contributed by atoms with Crippen LogP contribution in [0.15, 0.2) is 43.6 Å². The van der Waals surface area contributed by atoms with Crippen LogP contribution in [0.5, 0.6) is 0 Å². The van der Waals surface area contributed by atoms with Crippen LogP contribution in [0.1, 0.15) is 27.2 Å². The van der Waals surface area contributed by atoms with Gasteiger partial charge in [0.1, 0.15) is 6.61 Å². The molecule has 4 N–H and O–H groups in total. The second-order valence-electron chi connectivity index (χ2n) is 5.56. The summed E-state index contributed by atoms with van der Waals surface area (Å²) in [7, 11) is 0. The van der Waals surface area contributed by atoms with Crippen molar-refractivity contribution in [2.45, 2.75) is 33.2 Å². The summed E-state index contributed by atoms with van der Waals surface area (Å²) >= 11 is 6.01. The van der Waals surface area contributed by atoms with Gasteiger partial charge in [0.15, 0.2) is 0 Å². The molecule has 1 aromatic heterocycles. The summed E-state index contributed by atoms with van der Waals surface area (Å²) in [6.45, 7) is 9.25. The van der Waals surface area contributed by atoms with Crippen molar-refractivity contribution in [2.75, 3.05) is 25.0 Å². The van der Waals surface area contributed by atoms with Crippen LogP contribution in [0.25, 0.3) is 10.9 Å². The van der Waals surface area contributed by atoms with E-state index in [4.69, 9.17) is 22.1 Å². The molecule has 1 atom stereocenters. The second kappa shape index (κ2) is 13.8. The minimum atomic E-state index is -0.418. The molecule has 27 heavy (non-hydrogen) atoms. The third kappa shape index (κ3) is 8.75. The molecule has 0 spiro atoms. The van der Waals surface area contributed by atoms with Crippen molar-refractivity contribution in [3.8, 4) is 0 Å². The van der Waals surface area contributed by atoms with Crippen LogP contribution in [0, 0.1) is 0 Å². The van der Waals surface area contributed by atoms with Crippen LogP contribution >= 0.6 is 11.6 Å². The fraction of sp³-hybridized carbons (Fsp3) is 0.400. The molecular formula is C20H31ClN4O2. The van der Waals surface area contributed by atoms with E-state index in [9.17, 15) is 4.79 Å². The van der Waals surface area contributed by atoms with E-state index in [0.717, 1.165) is 29.4 Å². The molecule has 1 unspecified atom stereocenters. The molecule has 0 aliphatic carbocycles. The van der Waals surface area contributed by atoms with Crippen LogP contribution in [0.2, 0.25) is 5.02 Å². The molecule has 0 radical (unpaired) electrons. The number of anilines is 1. The van der Waals surface area contributed by atoms with Gasteiger partial charge in [0.25, 0.3) is 0 Å². The number of halogens is 1. The molecule has 1 amide bonds. The Kier molecular flexibility index (Phi) is 12.7. The average molecular weight is 395 g/mol. The zero-order valence-electron chi connectivity index (χ0n) is 15.1. The first-order valence-corrected chi connectivity index (χ1v) is 8.89. The van der Waals surface area contributed by atoms with Gasteiger partial charge in [0.05, 0.1) is 5.52 Å². The van der Waals surface area contributed by atoms with Gasteiger partial charge in [-0.1, -0.05) is 19.0 Å². The highest BCUT2D eigenvalue weighted by molar-refractivity contribution is 6.31. The van der Waals surface area contributed by atoms with E-state index in [1.54, 1.807) is 6.20 Å². The molecule has 7 heteroatoms. The molecule has 2 aromatic rings. The number of fused-ring (bicyclic) bond motifs is 1. The maximum atomic E-state index is 11.3. The Morgan fingerprint density at radius 3 is 2.81 bits per heavy atom. The number of nitrogens with zero attached hydrogens (tertiary/aromatic N) is 1. The number of hydrogen-bond acceptors (Lipinski definition) is 5. The Morgan fingerprint density at radius 1 is 1.37 bits per heavy atom. The fourth-order valence-electron chi connectivity index (χ4n) is 2.39. The lowest BCUT2D eigenvalue weighted by molar-refractivity contribution is 0.149. The number of alkyl carbamates (subject to hydrolysis) is 1. The van der Waals surface area contributed by atoms with Gasteiger partial charge in [-0.2, -0.15) is 0 Å². The summed E-state index contributed by atoms with van der Waals surface area (Å²) in [6, 6.07) is 7.89. The van der Waals surface area contributed by atoms with Gasteiger partial charge in [-0.3, -0.25) is 4.98 Å².